The molecule has 0 atom stereocenters. The van der Waals surface area contributed by atoms with Crippen molar-refractivity contribution in [1.29, 1.82) is 0 Å². The Kier molecular flexibility index (Phi) is 6.60. The zero-order valence-corrected chi connectivity index (χ0v) is 17.0. The molecule has 0 unspecified atom stereocenters. The predicted molar refractivity (Wildman–Crippen MR) is 107 cm³/mol. The van der Waals surface area contributed by atoms with Crippen molar-refractivity contribution in [2.24, 2.45) is 0 Å². The number of hydrogen-bond acceptors (Lipinski definition) is 6. The van der Waals surface area contributed by atoms with Crippen LogP contribution in [0.2, 0.25) is 5.02 Å². The number of carbonyl (C=O) groups is 1. The van der Waals surface area contributed by atoms with Crippen molar-refractivity contribution < 1.29 is 18.1 Å². The first-order valence-electron chi connectivity index (χ1n) is 8.03. The lowest BCUT2D eigenvalue weighted by Crippen LogP contribution is -2.24. The number of nitro groups is 1. The van der Waals surface area contributed by atoms with E-state index in [-0.39, 0.29) is 22.2 Å². The maximum absolute atomic E-state index is 12.4. The van der Waals surface area contributed by atoms with Crippen LogP contribution in [0.4, 0.5) is 17.1 Å². The van der Waals surface area contributed by atoms with Gasteiger partial charge in [-0.05, 0) is 36.8 Å². The van der Waals surface area contributed by atoms with Gasteiger partial charge < -0.3 is 10.6 Å². The van der Waals surface area contributed by atoms with Crippen molar-refractivity contribution in [3.05, 3.63) is 57.1 Å². The van der Waals surface area contributed by atoms with E-state index < -0.39 is 20.9 Å². The molecule has 9 nitrogen and oxygen atoms in total. The Morgan fingerprint density at radius 1 is 1.18 bits per heavy atom. The van der Waals surface area contributed by atoms with Crippen LogP contribution in [0.3, 0.4) is 0 Å². The van der Waals surface area contributed by atoms with Crippen LogP contribution in [0, 0.1) is 17.0 Å². The van der Waals surface area contributed by atoms with Crippen molar-refractivity contribution in [3.8, 4) is 0 Å². The third-order valence-electron chi connectivity index (χ3n) is 3.83. The van der Waals surface area contributed by atoms with Crippen LogP contribution >= 0.6 is 11.6 Å². The molecule has 0 fully saturated rings. The molecule has 2 rings (SSSR count). The molecule has 0 aromatic heterocycles. The fraction of sp³-hybridized carbons (Fsp3) is 0.235. The van der Waals surface area contributed by atoms with E-state index in [0.29, 0.717) is 16.9 Å². The number of aryl methyl sites for hydroxylation is 1. The first-order chi connectivity index (χ1) is 13.0. The van der Waals surface area contributed by atoms with Gasteiger partial charge in [-0.1, -0.05) is 17.7 Å². The Morgan fingerprint density at radius 3 is 2.43 bits per heavy atom. The lowest BCUT2D eigenvalue weighted by Gasteiger charge is -2.15. The number of nitro benzene ring substituents is 1. The fourth-order valence-electron chi connectivity index (χ4n) is 2.30. The lowest BCUT2D eigenvalue weighted by molar-refractivity contribution is -0.384. The number of amides is 1. The number of hydrogen-bond donors (Lipinski definition) is 2. The van der Waals surface area contributed by atoms with Gasteiger partial charge in [-0.15, -0.1) is 0 Å². The molecule has 0 aliphatic heterocycles. The third kappa shape index (κ3) is 4.97. The summed E-state index contributed by atoms with van der Waals surface area (Å²) in [5.41, 5.74) is 0.952. The highest BCUT2D eigenvalue weighted by atomic mass is 35.5. The number of nitrogens with zero attached hydrogens (tertiary/aromatic N) is 2. The van der Waals surface area contributed by atoms with Gasteiger partial charge in [-0.2, -0.15) is 0 Å². The number of halogens is 1. The topological polar surface area (TPSA) is 122 Å². The predicted octanol–water partition coefficient (Wildman–Crippen LogP) is 2.86. The van der Waals surface area contributed by atoms with Crippen LogP contribution in [0.15, 0.2) is 41.3 Å². The van der Waals surface area contributed by atoms with Crippen molar-refractivity contribution in [2.75, 3.05) is 31.3 Å². The van der Waals surface area contributed by atoms with Gasteiger partial charge in [-0.3, -0.25) is 14.9 Å². The Bertz CT molecular complexity index is 1020. The highest BCUT2D eigenvalue weighted by Crippen LogP contribution is 2.27. The van der Waals surface area contributed by atoms with Gasteiger partial charge in [0.25, 0.3) is 5.69 Å². The van der Waals surface area contributed by atoms with Crippen molar-refractivity contribution in [1.82, 2.24) is 4.31 Å². The van der Waals surface area contributed by atoms with Crippen LogP contribution in [-0.2, 0) is 14.8 Å². The normalized spacial score (nSPS) is 11.3. The van der Waals surface area contributed by atoms with Crippen LogP contribution in [0.1, 0.15) is 5.56 Å². The number of anilines is 2. The molecule has 0 saturated heterocycles. The summed E-state index contributed by atoms with van der Waals surface area (Å²) >= 11 is 5.75. The van der Waals surface area contributed by atoms with E-state index in [9.17, 15) is 23.3 Å². The number of sulfonamides is 1. The average molecular weight is 427 g/mol. The molecular weight excluding hydrogens is 408 g/mol. The zero-order valence-electron chi connectivity index (χ0n) is 15.4. The molecule has 0 aliphatic carbocycles. The summed E-state index contributed by atoms with van der Waals surface area (Å²) in [6.07, 6.45) is 0. The van der Waals surface area contributed by atoms with Crippen LogP contribution in [0.5, 0.6) is 0 Å². The summed E-state index contributed by atoms with van der Waals surface area (Å²) in [6, 6.07) is 8.67. The molecule has 1 amide bonds. The highest BCUT2D eigenvalue weighted by molar-refractivity contribution is 7.89. The molecule has 0 bridgehead atoms. The van der Waals surface area contributed by atoms with E-state index in [4.69, 9.17) is 11.6 Å². The van der Waals surface area contributed by atoms with Crippen LogP contribution < -0.4 is 10.6 Å². The number of rotatable bonds is 7. The van der Waals surface area contributed by atoms with Gasteiger partial charge in [-0.25, -0.2) is 12.7 Å². The minimum atomic E-state index is -3.65. The van der Waals surface area contributed by atoms with Gasteiger partial charge >= 0.3 is 0 Å². The summed E-state index contributed by atoms with van der Waals surface area (Å²) in [5.74, 6) is -0.449. The summed E-state index contributed by atoms with van der Waals surface area (Å²) in [6.45, 7) is 1.49. The molecule has 0 saturated carbocycles. The Labute approximate surface area is 167 Å². The van der Waals surface area contributed by atoms with Gasteiger partial charge in [0.2, 0.25) is 15.9 Å². The highest BCUT2D eigenvalue weighted by Gasteiger charge is 2.20. The molecule has 150 valence electrons. The first kappa shape index (κ1) is 21.6. The minimum Gasteiger partial charge on any atom is -0.376 e. The summed E-state index contributed by atoms with van der Waals surface area (Å²) in [7, 11) is -0.796. The second kappa shape index (κ2) is 8.55. The number of nitrogens with one attached hydrogen (secondary N) is 2. The molecular formula is C17H19ClN4O5S. The molecule has 0 aliphatic rings. The third-order valence-corrected chi connectivity index (χ3v) is 6.10. The Hall–Kier alpha value is -2.69. The van der Waals surface area contributed by atoms with Crippen molar-refractivity contribution >= 4 is 44.6 Å². The molecule has 0 heterocycles. The SMILES string of the molecule is Cc1ccc(NC(=O)CNc2ccc(Cl)c([N+](=O)[O-])c2)cc1S(=O)(=O)N(C)C. The van der Waals surface area contributed by atoms with Gasteiger partial charge in [0.1, 0.15) is 5.02 Å². The molecule has 2 aromatic carbocycles. The minimum absolute atomic E-state index is 0.00529. The first-order valence-corrected chi connectivity index (χ1v) is 9.85. The second-order valence-electron chi connectivity index (χ2n) is 6.09. The van der Waals surface area contributed by atoms with E-state index >= 15 is 0 Å². The van der Waals surface area contributed by atoms with Crippen LogP contribution in [0.25, 0.3) is 0 Å². The van der Waals surface area contributed by atoms with E-state index in [1.807, 2.05) is 0 Å². The largest absolute Gasteiger partial charge is 0.376 e. The smallest absolute Gasteiger partial charge is 0.289 e. The van der Waals surface area contributed by atoms with Gasteiger partial charge in [0.05, 0.1) is 16.4 Å². The van der Waals surface area contributed by atoms with Gasteiger partial charge in [0.15, 0.2) is 0 Å². The van der Waals surface area contributed by atoms with E-state index in [1.54, 1.807) is 19.1 Å². The van der Waals surface area contributed by atoms with Crippen LogP contribution in [-0.4, -0.2) is 44.2 Å². The Morgan fingerprint density at radius 2 is 1.82 bits per heavy atom. The van der Waals surface area contributed by atoms with Gasteiger partial charge in [0, 0.05) is 31.5 Å². The average Bonchev–Trinajstić information content (AvgIpc) is 2.62. The number of carbonyl (C=O) groups excluding carboxylic acids is 1. The quantitative estimate of drug-likeness (QED) is 0.518. The van der Waals surface area contributed by atoms with E-state index in [1.165, 1.54) is 38.4 Å². The number of benzene rings is 2. The van der Waals surface area contributed by atoms with Crippen molar-refractivity contribution in [2.45, 2.75) is 11.8 Å². The summed E-state index contributed by atoms with van der Waals surface area (Å²) in [4.78, 5) is 22.5. The van der Waals surface area contributed by atoms with E-state index in [0.717, 1.165) is 4.31 Å². The van der Waals surface area contributed by atoms with E-state index in [2.05, 4.69) is 10.6 Å². The molecule has 11 heteroatoms. The molecule has 0 radical (unpaired) electrons. The molecule has 0 spiro atoms. The molecule has 2 aromatic rings. The lowest BCUT2D eigenvalue weighted by atomic mass is 10.2. The molecule has 28 heavy (non-hydrogen) atoms. The summed E-state index contributed by atoms with van der Waals surface area (Å²) in [5, 5.41) is 16.3. The van der Waals surface area contributed by atoms with Crippen molar-refractivity contribution in [3.63, 3.8) is 0 Å². The second-order valence-corrected chi connectivity index (χ2v) is 8.62. The maximum atomic E-state index is 12.4. The maximum Gasteiger partial charge on any atom is 0.289 e. The zero-order chi connectivity index (χ0) is 21.1. The summed E-state index contributed by atoms with van der Waals surface area (Å²) < 4.78 is 25.8. The fourth-order valence-corrected chi connectivity index (χ4v) is 3.63. The monoisotopic (exact) mass is 426 g/mol. The Balaban J connectivity index is 2.10. The molecule has 2 N–H and O–H groups in total. The standard InChI is InChI=1S/C17H19ClN4O5S/c1-11-4-5-13(9-16(11)28(26,27)21(2)3)20-17(23)10-19-12-6-7-14(18)15(8-12)22(24)25/h4-9,19H,10H2,1-3H3,(H,20,23).